The molecule has 1 aliphatic rings. The summed E-state index contributed by atoms with van der Waals surface area (Å²) in [5, 5.41) is 2.74. The van der Waals surface area contributed by atoms with Crippen LogP contribution in [0.3, 0.4) is 0 Å². The number of rotatable bonds is 6. The van der Waals surface area contributed by atoms with Gasteiger partial charge in [-0.25, -0.2) is 13.6 Å². The van der Waals surface area contributed by atoms with Gasteiger partial charge in [0.2, 0.25) is 5.91 Å². The number of likely N-dealkylation sites (tertiary alicyclic amines) is 1. The zero-order chi connectivity index (χ0) is 23.3. The van der Waals surface area contributed by atoms with Crippen LogP contribution in [0, 0.1) is 11.6 Å². The van der Waals surface area contributed by atoms with Crippen molar-refractivity contribution in [3.8, 4) is 0 Å². The van der Waals surface area contributed by atoms with Gasteiger partial charge in [0.15, 0.2) is 0 Å². The quantitative estimate of drug-likeness (QED) is 0.670. The van der Waals surface area contributed by atoms with Crippen LogP contribution in [0.15, 0.2) is 48.5 Å². The van der Waals surface area contributed by atoms with Crippen LogP contribution in [0.2, 0.25) is 0 Å². The molecule has 0 spiro atoms. The maximum absolute atomic E-state index is 14.2. The van der Waals surface area contributed by atoms with Crippen LogP contribution in [0.25, 0.3) is 0 Å². The van der Waals surface area contributed by atoms with Crippen molar-refractivity contribution in [1.29, 1.82) is 0 Å². The van der Waals surface area contributed by atoms with Gasteiger partial charge in [-0.3, -0.25) is 4.79 Å². The molecule has 0 bridgehead atoms. The second-order valence-corrected chi connectivity index (χ2v) is 9.14. The Labute approximate surface area is 187 Å². The van der Waals surface area contributed by atoms with Gasteiger partial charge in [0.05, 0.1) is 6.04 Å². The molecule has 7 heteroatoms. The van der Waals surface area contributed by atoms with Gasteiger partial charge in [0.25, 0.3) is 0 Å². The molecule has 2 aromatic carbocycles. The number of halogens is 2. The lowest BCUT2D eigenvalue weighted by Gasteiger charge is -2.28. The molecular weight excluding hydrogens is 414 g/mol. The van der Waals surface area contributed by atoms with E-state index in [0.717, 1.165) is 18.4 Å². The molecule has 2 atom stereocenters. The van der Waals surface area contributed by atoms with E-state index < -0.39 is 17.7 Å². The van der Waals surface area contributed by atoms with Gasteiger partial charge in [-0.05, 0) is 69.4 Å². The average Bonchev–Trinajstić information content (AvgIpc) is 3.19. The summed E-state index contributed by atoms with van der Waals surface area (Å²) in [6.07, 6.45) is 1.14. The SMILES string of the molecule is CC(C)(C)OC(=O)N[C@@H](CC(=O)N1CCCC1c1ccc(F)cc1)Cc1ccccc1F. The number of benzene rings is 2. The van der Waals surface area contributed by atoms with E-state index in [-0.39, 0.29) is 36.4 Å². The Hall–Kier alpha value is -2.96. The summed E-state index contributed by atoms with van der Waals surface area (Å²) in [4.78, 5) is 27.4. The minimum Gasteiger partial charge on any atom is -0.444 e. The number of carbonyl (C=O) groups excluding carboxylic acids is 2. The molecule has 2 amide bonds. The molecule has 0 aromatic heterocycles. The largest absolute Gasteiger partial charge is 0.444 e. The van der Waals surface area contributed by atoms with Crippen molar-refractivity contribution in [2.75, 3.05) is 6.54 Å². The number of hydrogen-bond acceptors (Lipinski definition) is 3. The minimum atomic E-state index is -0.695. The fourth-order valence-corrected chi connectivity index (χ4v) is 4.00. The zero-order valence-corrected chi connectivity index (χ0v) is 18.7. The van der Waals surface area contributed by atoms with E-state index in [1.165, 1.54) is 18.2 Å². The molecule has 172 valence electrons. The Morgan fingerprint density at radius 3 is 2.47 bits per heavy atom. The van der Waals surface area contributed by atoms with Gasteiger partial charge >= 0.3 is 6.09 Å². The van der Waals surface area contributed by atoms with Crippen molar-refractivity contribution in [2.24, 2.45) is 0 Å². The first-order valence-corrected chi connectivity index (χ1v) is 10.9. The highest BCUT2D eigenvalue weighted by atomic mass is 19.1. The summed E-state index contributed by atoms with van der Waals surface area (Å²) < 4.78 is 32.9. The first-order valence-electron chi connectivity index (χ1n) is 10.9. The third-order valence-corrected chi connectivity index (χ3v) is 5.39. The van der Waals surface area contributed by atoms with E-state index in [1.54, 1.807) is 56.0 Å². The van der Waals surface area contributed by atoms with Gasteiger partial charge < -0.3 is 15.0 Å². The molecule has 5 nitrogen and oxygen atoms in total. The van der Waals surface area contributed by atoms with Crippen LogP contribution in [-0.4, -0.2) is 35.1 Å². The van der Waals surface area contributed by atoms with Crippen LogP contribution in [0.4, 0.5) is 13.6 Å². The highest BCUT2D eigenvalue weighted by Gasteiger charge is 2.32. The lowest BCUT2D eigenvalue weighted by molar-refractivity contribution is -0.132. The molecule has 1 fully saturated rings. The van der Waals surface area contributed by atoms with Crippen LogP contribution >= 0.6 is 0 Å². The van der Waals surface area contributed by atoms with Crippen molar-refractivity contribution >= 4 is 12.0 Å². The molecule has 32 heavy (non-hydrogen) atoms. The summed E-state index contributed by atoms with van der Waals surface area (Å²) in [6, 6.07) is 11.7. The van der Waals surface area contributed by atoms with E-state index in [9.17, 15) is 18.4 Å². The number of nitrogens with zero attached hydrogens (tertiary/aromatic N) is 1. The average molecular weight is 445 g/mol. The summed E-state index contributed by atoms with van der Waals surface area (Å²) in [6.45, 7) is 5.84. The number of nitrogens with one attached hydrogen (secondary N) is 1. The van der Waals surface area contributed by atoms with Gasteiger partial charge in [-0.15, -0.1) is 0 Å². The fourth-order valence-electron chi connectivity index (χ4n) is 4.00. The predicted octanol–water partition coefficient (Wildman–Crippen LogP) is 5.15. The Morgan fingerprint density at radius 2 is 1.81 bits per heavy atom. The van der Waals surface area contributed by atoms with Crippen LogP contribution in [-0.2, 0) is 16.0 Å². The Morgan fingerprint density at radius 1 is 1.12 bits per heavy atom. The molecule has 1 aliphatic heterocycles. The van der Waals surface area contributed by atoms with Crippen molar-refractivity contribution < 1.29 is 23.1 Å². The Balaban J connectivity index is 1.74. The smallest absolute Gasteiger partial charge is 0.407 e. The van der Waals surface area contributed by atoms with Gasteiger partial charge in [0, 0.05) is 19.0 Å². The van der Waals surface area contributed by atoms with Gasteiger partial charge in [-0.2, -0.15) is 0 Å². The van der Waals surface area contributed by atoms with Crippen LogP contribution in [0.1, 0.15) is 57.2 Å². The van der Waals surface area contributed by atoms with Gasteiger partial charge in [0.1, 0.15) is 17.2 Å². The lowest BCUT2D eigenvalue weighted by Crippen LogP contribution is -2.44. The molecule has 0 aliphatic carbocycles. The van der Waals surface area contributed by atoms with Crippen LogP contribution < -0.4 is 5.32 Å². The predicted molar refractivity (Wildman–Crippen MR) is 118 cm³/mol. The maximum Gasteiger partial charge on any atom is 0.407 e. The topological polar surface area (TPSA) is 58.6 Å². The zero-order valence-electron chi connectivity index (χ0n) is 18.7. The monoisotopic (exact) mass is 444 g/mol. The molecule has 0 saturated carbocycles. The van der Waals surface area contributed by atoms with Gasteiger partial charge in [-0.1, -0.05) is 30.3 Å². The maximum atomic E-state index is 14.2. The van der Waals surface area contributed by atoms with E-state index in [1.807, 2.05) is 0 Å². The Kier molecular flexibility index (Phi) is 7.48. The standard InChI is InChI=1S/C25H30F2N2O3/c1-25(2,3)32-24(31)28-20(15-18-7-4-5-8-21(18)27)16-23(30)29-14-6-9-22(29)17-10-12-19(26)13-11-17/h4-5,7-8,10-13,20,22H,6,9,14-16H2,1-3H3,(H,28,31)/t20-,22?/m1/s1. The molecule has 1 N–H and O–H groups in total. The van der Waals surface area contributed by atoms with E-state index in [0.29, 0.717) is 12.1 Å². The fraction of sp³-hybridized carbons (Fsp3) is 0.440. The minimum absolute atomic E-state index is 0.00523. The molecule has 0 radical (unpaired) electrons. The third kappa shape index (κ3) is 6.52. The molecule has 2 aromatic rings. The van der Waals surface area contributed by atoms with E-state index in [2.05, 4.69) is 5.32 Å². The number of ether oxygens (including phenoxy) is 1. The molecular formula is C25H30F2N2O3. The van der Waals surface area contributed by atoms with Crippen molar-refractivity contribution in [1.82, 2.24) is 10.2 Å². The Bertz CT molecular complexity index is 941. The molecule has 1 heterocycles. The summed E-state index contributed by atoms with van der Waals surface area (Å²) in [5.41, 5.74) is 0.597. The highest BCUT2D eigenvalue weighted by Crippen LogP contribution is 2.32. The molecule has 3 rings (SSSR count). The van der Waals surface area contributed by atoms with Crippen molar-refractivity contribution in [2.45, 2.75) is 64.1 Å². The first-order chi connectivity index (χ1) is 15.1. The number of hydrogen-bond donors (Lipinski definition) is 1. The van der Waals surface area contributed by atoms with Crippen molar-refractivity contribution in [3.05, 3.63) is 71.3 Å². The number of amides is 2. The molecule has 1 unspecified atom stereocenters. The highest BCUT2D eigenvalue weighted by molar-refractivity contribution is 5.79. The summed E-state index contributed by atoms with van der Waals surface area (Å²) in [7, 11) is 0. The first kappa shape index (κ1) is 23.7. The second kappa shape index (κ2) is 10.1. The second-order valence-electron chi connectivity index (χ2n) is 9.14. The molecule has 1 saturated heterocycles. The summed E-state index contributed by atoms with van der Waals surface area (Å²) >= 11 is 0. The lowest BCUT2D eigenvalue weighted by atomic mass is 10.0. The normalized spacial score (nSPS) is 17.2. The summed E-state index contributed by atoms with van der Waals surface area (Å²) in [5.74, 6) is -0.855. The van der Waals surface area contributed by atoms with Crippen molar-refractivity contribution in [3.63, 3.8) is 0 Å². The number of carbonyl (C=O) groups is 2. The van der Waals surface area contributed by atoms with E-state index in [4.69, 9.17) is 4.74 Å². The van der Waals surface area contributed by atoms with Crippen LogP contribution in [0.5, 0.6) is 0 Å². The number of alkyl carbamates (subject to hydrolysis) is 1. The third-order valence-electron chi connectivity index (χ3n) is 5.39. The van der Waals surface area contributed by atoms with E-state index >= 15 is 0 Å².